The van der Waals surface area contributed by atoms with E-state index in [2.05, 4.69) is 14.8 Å². The Balaban J connectivity index is 2.03. The molecule has 1 aliphatic heterocycles. The van der Waals surface area contributed by atoms with Crippen LogP contribution in [0.3, 0.4) is 0 Å². The van der Waals surface area contributed by atoms with E-state index in [0.29, 0.717) is 17.9 Å². The van der Waals surface area contributed by atoms with E-state index in [0.717, 1.165) is 26.2 Å². The number of hydrogen-bond donors (Lipinski definition) is 2. The second-order valence-electron chi connectivity index (χ2n) is 5.81. The second kappa shape index (κ2) is 5.76. The number of anilines is 1. The number of aliphatic hydroxyl groups is 1. The molecule has 2 heterocycles. The Bertz CT molecular complexity index is 476. The van der Waals surface area contributed by atoms with Gasteiger partial charge in [-0.1, -0.05) is 0 Å². The maximum atomic E-state index is 11.4. The molecule has 0 aromatic carbocycles. The highest BCUT2D eigenvalue weighted by molar-refractivity contribution is 5.97. The van der Waals surface area contributed by atoms with Crippen molar-refractivity contribution in [1.82, 2.24) is 9.88 Å². The molecule has 6 nitrogen and oxygen atoms in total. The first kappa shape index (κ1) is 14.7. The number of nitrogens with zero attached hydrogens (tertiary/aromatic N) is 3. The lowest BCUT2D eigenvalue weighted by atomic mass is 10.1. The highest BCUT2D eigenvalue weighted by atomic mass is 16.3. The normalized spacial score (nSPS) is 17.2. The van der Waals surface area contributed by atoms with E-state index >= 15 is 0 Å². The lowest BCUT2D eigenvalue weighted by molar-refractivity contribution is 0.0344. The highest BCUT2D eigenvalue weighted by Gasteiger charge is 2.24. The summed E-state index contributed by atoms with van der Waals surface area (Å²) in [6.07, 6.45) is 1.67. The third-order valence-corrected chi connectivity index (χ3v) is 3.33. The minimum atomic E-state index is -0.689. The van der Waals surface area contributed by atoms with Crippen LogP contribution in [0.25, 0.3) is 0 Å². The molecule has 0 bridgehead atoms. The first-order valence-corrected chi connectivity index (χ1v) is 6.81. The Morgan fingerprint density at radius 2 is 2.05 bits per heavy atom. The SMILES string of the molecule is CC(C)(O)CN1CCN(c2ncccc2C(N)=O)CC1. The van der Waals surface area contributed by atoms with Crippen LogP contribution in [0.15, 0.2) is 18.3 Å². The third kappa shape index (κ3) is 3.68. The maximum absolute atomic E-state index is 11.4. The number of carbonyl (C=O) groups is 1. The predicted octanol–water partition coefficient (Wildman–Crippen LogP) is 0.0734. The van der Waals surface area contributed by atoms with Crippen LogP contribution in [0, 0.1) is 0 Å². The summed E-state index contributed by atoms with van der Waals surface area (Å²) in [5.74, 6) is 0.204. The van der Waals surface area contributed by atoms with Gasteiger partial charge in [-0.25, -0.2) is 4.98 Å². The minimum Gasteiger partial charge on any atom is -0.389 e. The van der Waals surface area contributed by atoms with E-state index in [1.165, 1.54) is 0 Å². The Hall–Kier alpha value is -1.66. The average Bonchev–Trinajstić information content (AvgIpc) is 2.38. The molecule has 6 heteroatoms. The zero-order chi connectivity index (χ0) is 14.8. The van der Waals surface area contributed by atoms with Crippen molar-refractivity contribution in [3.05, 3.63) is 23.9 Å². The predicted molar refractivity (Wildman–Crippen MR) is 77.7 cm³/mol. The quantitative estimate of drug-likeness (QED) is 0.814. The third-order valence-electron chi connectivity index (χ3n) is 3.33. The zero-order valence-electron chi connectivity index (χ0n) is 12.0. The van der Waals surface area contributed by atoms with Crippen LogP contribution in [0.1, 0.15) is 24.2 Å². The molecule has 0 atom stereocenters. The van der Waals surface area contributed by atoms with Crippen LogP contribution in [0.2, 0.25) is 0 Å². The van der Waals surface area contributed by atoms with Crippen LogP contribution < -0.4 is 10.6 Å². The molecule has 1 aromatic heterocycles. The maximum Gasteiger partial charge on any atom is 0.252 e. The van der Waals surface area contributed by atoms with Crippen molar-refractivity contribution < 1.29 is 9.90 Å². The van der Waals surface area contributed by atoms with Crippen molar-refractivity contribution in [2.75, 3.05) is 37.6 Å². The van der Waals surface area contributed by atoms with Gasteiger partial charge in [0.25, 0.3) is 5.91 Å². The number of amides is 1. The van der Waals surface area contributed by atoms with Crippen molar-refractivity contribution in [2.24, 2.45) is 5.73 Å². The zero-order valence-corrected chi connectivity index (χ0v) is 12.0. The number of rotatable bonds is 4. The summed E-state index contributed by atoms with van der Waals surface area (Å²) in [7, 11) is 0. The summed E-state index contributed by atoms with van der Waals surface area (Å²) in [5, 5.41) is 9.84. The topological polar surface area (TPSA) is 82.7 Å². The summed E-state index contributed by atoms with van der Waals surface area (Å²) >= 11 is 0. The molecule has 0 aliphatic carbocycles. The number of pyridine rings is 1. The fourth-order valence-electron chi connectivity index (χ4n) is 2.51. The van der Waals surface area contributed by atoms with E-state index in [9.17, 15) is 9.90 Å². The van der Waals surface area contributed by atoms with Crippen LogP contribution in [0.5, 0.6) is 0 Å². The van der Waals surface area contributed by atoms with Gasteiger partial charge < -0.3 is 15.7 Å². The van der Waals surface area contributed by atoms with E-state index in [4.69, 9.17) is 5.73 Å². The number of nitrogens with two attached hydrogens (primary N) is 1. The van der Waals surface area contributed by atoms with Gasteiger partial charge in [0, 0.05) is 38.9 Å². The van der Waals surface area contributed by atoms with Gasteiger partial charge in [-0.15, -0.1) is 0 Å². The van der Waals surface area contributed by atoms with Gasteiger partial charge in [0.15, 0.2) is 0 Å². The van der Waals surface area contributed by atoms with Crippen molar-refractivity contribution in [2.45, 2.75) is 19.4 Å². The van der Waals surface area contributed by atoms with Crippen molar-refractivity contribution in [3.8, 4) is 0 Å². The van der Waals surface area contributed by atoms with Gasteiger partial charge in [0.2, 0.25) is 0 Å². The monoisotopic (exact) mass is 278 g/mol. The molecule has 1 aliphatic rings. The van der Waals surface area contributed by atoms with Crippen molar-refractivity contribution in [3.63, 3.8) is 0 Å². The van der Waals surface area contributed by atoms with E-state index in [1.807, 2.05) is 13.8 Å². The fraction of sp³-hybridized carbons (Fsp3) is 0.571. The number of primary amides is 1. The summed E-state index contributed by atoms with van der Waals surface area (Å²) in [6.45, 7) is 7.47. The largest absolute Gasteiger partial charge is 0.389 e. The lowest BCUT2D eigenvalue weighted by Gasteiger charge is -2.38. The molecule has 1 fully saturated rings. The Morgan fingerprint density at radius 1 is 1.40 bits per heavy atom. The van der Waals surface area contributed by atoms with E-state index < -0.39 is 11.5 Å². The van der Waals surface area contributed by atoms with Gasteiger partial charge in [-0.05, 0) is 26.0 Å². The number of β-amino-alcohol motifs (C(OH)–C–C–N with tert-alkyl or cyclic N) is 1. The molecule has 0 spiro atoms. The Kier molecular flexibility index (Phi) is 4.25. The summed E-state index contributed by atoms with van der Waals surface area (Å²) in [6, 6.07) is 3.42. The molecule has 1 aromatic rings. The van der Waals surface area contributed by atoms with Crippen LogP contribution >= 0.6 is 0 Å². The fourth-order valence-corrected chi connectivity index (χ4v) is 2.51. The highest BCUT2D eigenvalue weighted by Crippen LogP contribution is 2.19. The van der Waals surface area contributed by atoms with Crippen LogP contribution in [-0.4, -0.2) is 59.2 Å². The van der Waals surface area contributed by atoms with E-state index in [1.54, 1.807) is 18.3 Å². The number of piperazine rings is 1. The number of aromatic nitrogens is 1. The summed E-state index contributed by atoms with van der Waals surface area (Å²) in [4.78, 5) is 20.0. The van der Waals surface area contributed by atoms with Gasteiger partial charge in [0.05, 0.1) is 11.2 Å². The lowest BCUT2D eigenvalue weighted by Crippen LogP contribution is -2.51. The smallest absolute Gasteiger partial charge is 0.252 e. The Labute approximate surface area is 119 Å². The van der Waals surface area contributed by atoms with Gasteiger partial charge >= 0.3 is 0 Å². The molecule has 0 unspecified atom stereocenters. The summed E-state index contributed by atoms with van der Waals surface area (Å²) in [5.41, 5.74) is 5.16. The van der Waals surface area contributed by atoms with E-state index in [-0.39, 0.29) is 0 Å². The molecule has 3 N–H and O–H groups in total. The van der Waals surface area contributed by atoms with Crippen molar-refractivity contribution in [1.29, 1.82) is 0 Å². The first-order chi connectivity index (χ1) is 9.37. The Morgan fingerprint density at radius 3 is 2.60 bits per heavy atom. The van der Waals surface area contributed by atoms with Gasteiger partial charge in [-0.3, -0.25) is 9.69 Å². The van der Waals surface area contributed by atoms with Crippen LogP contribution in [-0.2, 0) is 0 Å². The van der Waals surface area contributed by atoms with Gasteiger partial charge in [-0.2, -0.15) is 0 Å². The molecular weight excluding hydrogens is 256 g/mol. The first-order valence-electron chi connectivity index (χ1n) is 6.81. The standard InChI is InChI=1S/C14H22N4O2/c1-14(2,20)10-17-6-8-18(9-7-17)13-11(12(15)19)4-3-5-16-13/h3-5,20H,6-10H2,1-2H3,(H2,15,19). The molecule has 20 heavy (non-hydrogen) atoms. The molecule has 1 amide bonds. The number of hydrogen-bond acceptors (Lipinski definition) is 5. The molecule has 0 saturated carbocycles. The molecule has 1 saturated heterocycles. The molecule has 2 rings (SSSR count). The second-order valence-corrected chi connectivity index (χ2v) is 5.81. The summed E-state index contributed by atoms with van der Waals surface area (Å²) < 4.78 is 0. The minimum absolute atomic E-state index is 0.452. The van der Waals surface area contributed by atoms with Crippen LogP contribution in [0.4, 0.5) is 5.82 Å². The molecule has 110 valence electrons. The van der Waals surface area contributed by atoms with Gasteiger partial charge in [0.1, 0.15) is 5.82 Å². The molecule has 0 radical (unpaired) electrons. The molecular formula is C14H22N4O2. The average molecular weight is 278 g/mol. The number of carbonyl (C=O) groups excluding carboxylic acids is 1. The van der Waals surface area contributed by atoms with Crippen molar-refractivity contribution >= 4 is 11.7 Å².